The van der Waals surface area contributed by atoms with E-state index in [-0.39, 0.29) is 17.5 Å². The Morgan fingerprint density at radius 1 is 1.00 bits per heavy atom. The number of hydrogen-bond donors (Lipinski definition) is 0. The molecule has 1 aliphatic heterocycles. The Kier molecular flexibility index (Phi) is 5.57. The van der Waals surface area contributed by atoms with Crippen molar-refractivity contribution in [3.8, 4) is 0 Å². The highest BCUT2D eigenvalue weighted by Gasteiger charge is 2.31. The van der Waals surface area contributed by atoms with Gasteiger partial charge in [0.25, 0.3) is 0 Å². The van der Waals surface area contributed by atoms with E-state index in [2.05, 4.69) is 0 Å². The summed E-state index contributed by atoms with van der Waals surface area (Å²) in [7, 11) is -3.35. The summed E-state index contributed by atoms with van der Waals surface area (Å²) in [5.74, 6) is -0.0648. The van der Waals surface area contributed by atoms with Gasteiger partial charge in [0.15, 0.2) is 5.78 Å². The Labute approximate surface area is 153 Å². The van der Waals surface area contributed by atoms with E-state index in [4.69, 9.17) is 11.6 Å². The fraction of sp³-hybridized carbons (Fsp3) is 0.316. The normalized spacial score (nSPS) is 16.7. The number of benzene rings is 2. The van der Waals surface area contributed by atoms with Crippen molar-refractivity contribution in [2.24, 2.45) is 5.92 Å². The monoisotopic (exact) mass is 377 g/mol. The number of piperidine rings is 1. The molecule has 0 atom stereocenters. The lowest BCUT2D eigenvalue weighted by molar-refractivity contribution is 0.0875. The lowest BCUT2D eigenvalue weighted by atomic mass is 9.90. The summed E-state index contributed by atoms with van der Waals surface area (Å²) < 4.78 is 26.6. The van der Waals surface area contributed by atoms with Crippen LogP contribution in [0.2, 0.25) is 5.02 Å². The lowest BCUT2D eigenvalue weighted by Crippen LogP contribution is -2.40. The highest BCUT2D eigenvalue weighted by atomic mass is 35.5. The Bertz CT molecular complexity index is 827. The molecule has 1 heterocycles. The molecule has 2 aromatic carbocycles. The molecule has 0 bridgehead atoms. The molecule has 0 spiro atoms. The minimum Gasteiger partial charge on any atom is -0.294 e. The maximum Gasteiger partial charge on any atom is 0.218 e. The first-order valence-electron chi connectivity index (χ1n) is 8.27. The molecule has 1 aliphatic rings. The van der Waals surface area contributed by atoms with Crippen molar-refractivity contribution < 1.29 is 13.2 Å². The summed E-state index contributed by atoms with van der Waals surface area (Å²) in [6.07, 6.45) is 1.10. The molecule has 0 saturated carbocycles. The molecular formula is C19H20ClNO3S. The number of nitrogens with zero attached hydrogens (tertiary/aromatic N) is 1. The van der Waals surface area contributed by atoms with Crippen molar-refractivity contribution in [2.45, 2.75) is 18.6 Å². The first kappa shape index (κ1) is 18.1. The van der Waals surface area contributed by atoms with E-state index in [1.165, 1.54) is 4.31 Å². The predicted octanol–water partition coefficient (Wildman–Crippen LogP) is 3.76. The maximum absolute atomic E-state index is 12.6. The molecule has 1 saturated heterocycles. The molecule has 0 unspecified atom stereocenters. The smallest absolute Gasteiger partial charge is 0.218 e. The summed E-state index contributed by atoms with van der Waals surface area (Å²) in [4.78, 5) is 12.5. The summed E-state index contributed by atoms with van der Waals surface area (Å²) in [5.41, 5.74) is 1.41. The van der Waals surface area contributed by atoms with Crippen molar-refractivity contribution in [3.05, 3.63) is 70.7 Å². The highest BCUT2D eigenvalue weighted by Crippen LogP contribution is 2.25. The first-order chi connectivity index (χ1) is 12.0. The Balaban J connectivity index is 1.61. The van der Waals surface area contributed by atoms with Crippen LogP contribution in [0.25, 0.3) is 0 Å². The van der Waals surface area contributed by atoms with Crippen molar-refractivity contribution in [3.63, 3.8) is 0 Å². The second-order valence-electron chi connectivity index (χ2n) is 6.29. The minimum atomic E-state index is -3.35. The third-order valence-electron chi connectivity index (χ3n) is 4.54. The van der Waals surface area contributed by atoms with Gasteiger partial charge in [0.05, 0.1) is 5.75 Å². The molecule has 0 radical (unpaired) electrons. The first-order valence-corrected chi connectivity index (χ1v) is 10.3. The second-order valence-corrected chi connectivity index (χ2v) is 8.69. The highest BCUT2D eigenvalue weighted by molar-refractivity contribution is 7.88. The number of carbonyl (C=O) groups is 1. The SMILES string of the molecule is O=C(c1ccc(Cl)cc1)C1CCN(S(=O)(=O)Cc2ccccc2)CC1. The average molecular weight is 378 g/mol. The van der Waals surface area contributed by atoms with Gasteiger partial charge in [-0.05, 0) is 42.7 Å². The number of Topliss-reactive ketones (excluding diaryl/α,β-unsaturated/α-hetero) is 1. The van der Waals surface area contributed by atoms with Crippen LogP contribution in [-0.2, 0) is 15.8 Å². The molecular weight excluding hydrogens is 358 g/mol. The third-order valence-corrected chi connectivity index (χ3v) is 6.64. The fourth-order valence-electron chi connectivity index (χ4n) is 3.12. The van der Waals surface area contributed by atoms with Gasteiger partial charge in [0.1, 0.15) is 0 Å². The second kappa shape index (κ2) is 7.68. The van der Waals surface area contributed by atoms with Gasteiger partial charge < -0.3 is 0 Å². The van der Waals surface area contributed by atoms with Gasteiger partial charge >= 0.3 is 0 Å². The van der Waals surface area contributed by atoms with Crippen LogP contribution in [0, 0.1) is 5.92 Å². The molecule has 132 valence electrons. The third kappa shape index (κ3) is 4.48. The molecule has 25 heavy (non-hydrogen) atoms. The topological polar surface area (TPSA) is 54.5 Å². The molecule has 0 amide bonds. The van der Waals surface area contributed by atoms with Crippen LogP contribution in [0.1, 0.15) is 28.8 Å². The van der Waals surface area contributed by atoms with Gasteiger partial charge in [-0.3, -0.25) is 4.79 Å². The zero-order valence-electron chi connectivity index (χ0n) is 13.8. The van der Waals surface area contributed by atoms with Gasteiger partial charge in [-0.25, -0.2) is 12.7 Å². The molecule has 3 rings (SSSR count). The maximum atomic E-state index is 12.6. The number of halogens is 1. The van der Waals surface area contributed by atoms with Crippen molar-refractivity contribution in [1.82, 2.24) is 4.31 Å². The Hall–Kier alpha value is -1.69. The van der Waals surface area contributed by atoms with Crippen LogP contribution in [0.5, 0.6) is 0 Å². The lowest BCUT2D eigenvalue weighted by Gasteiger charge is -2.30. The largest absolute Gasteiger partial charge is 0.294 e. The number of sulfonamides is 1. The van der Waals surface area contributed by atoms with E-state index in [0.29, 0.717) is 36.5 Å². The van der Waals surface area contributed by atoms with E-state index in [0.717, 1.165) is 5.56 Å². The van der Waals surface area contributed by atoms with Crippen molar-refractivity contribution >= 4 is 27.4 Å². The standard InChI is InChI=1S/C19H20ClNO3S/c20-18-8-6-16(7-9-18)19(22)17-10-12-21(13-11-17)25(23,24)14-15-4-2-1-3-5-15/h1-9,17H,10-14H2. The number of hydrogen-bond acceptors (Lipinski definition) is 3. The van der Waals surface area contributed by atoms with Crippen molar-refractivity contribution in [2.75, 3.05) is 13.1 Å². The average Bonchev–Trinajstić information content (AvgIpc) is 2.62. The molecule has 1 fully saturated rings. The predicted molar refractivity (Wildman–Crippen MR) is 99.1 cm³/mol. The molecule has 0 N–H and O–H groups in total. The summed E-state index contributed by atoms with van der Waals surface area (Å²) in [6, 6.07) is 16.0. The van der Waals surface area contributed by atoms with Crippen molar-refractivity contribution in [1.29, 1.82) is 0 Å². The van der Waals surface area contributed by atoms with Crippen LogP contribution in [0.3, 0.4) is 0 Å². The number of ketones is 1. The van der Waals surface area contributed by atoms with Gasteiger partial charge in [-0.15, -0.1) is 0 Å². The van der Waals surface area contributed by atoms with Gasteiger partial charge in [0.2, 0.25) is 10.0 Å². The molecule has 2 aromatic rings. The minimum absolute atomic E-state index is 0.00361. The number of carbonyl (C=O) groups excluding carboxylic acids is 1. The van der Waals surface area contributed by atoms with Gasteiger partial charge in [0, 0.05) is 29.6 Å². The molecule has 0 aliphatic carbocycles. The van der Waals surface area contributed by atoms with Crippen LogP contribution >= 0.6 is 11.6 Å². The fourth-order valence-corrected chi connectivity index (χ4v) is 4.81. The van der Waals surface area contributed by atoms with E-state index < -0.39 is 10.0 Å². The van der Waals surface area contributed by atoms with Crippen LogP contribution in [-0.4, -0.2) is 31.6 Å². The summed E-state index contributed by atoms with van der Waals surface area (Å²) in [5, 5.41) is 0.596. The zero-order valence-corrected chi connectivity index (χ0v) is 15.3. The van der Waals surface area contributed by atoms with Crippen LogP contribution in [0.4, 0.5) is 0 Å². The van der Waals surface area contributed by atoms with Gasteiger partial charge in [-0.2, -0.15) is 0 Å². The van der Waals surface area contributed by atoms with E-state index in [1.54, 1.807) is 24.3 Å². The Morgan fingerprint density at radius 3 is 2.20 bits per heavy atom. The quantitative estimate of drug-likeness (QED) is 0.745. The van der Waals surface area contributed by atoms with E-state index in [1.807, 2.05) is 30.3 Å². The summed E-state index contributed by atoms with van der Waals surface area (Å²) >= 11 is 5.85. The zero-order chi connectivity index (χ0) is 17.9. The Morgan fingerprint density at radius 2 is 1.60 bits per heavy atom. The van der Waals surface area contributed by atoms with E-state index >= 15 is 0 Å². The van der Waals surface area contributed by atoms with Crippen LogP contribution in [0.15, 0.2) is 54.6 Å². The molecule has 4 nitrogen and oxygen atoms in total. The summed E-state index contributed by atoms with van der Waals surface area (Å²) in [6.45, 7) is 0.776. The molecule has 6 heteroatoms. The van der Waals surface area contributed by atoms with Crippen LogP contribution < -0.4 is 0 Å². The van der Waals surface area contributed by atoms with Gasteiger partial charge in [-0.1, -0.05) is 41.9 Å². The number of rotatable bonds is 5. The van der Waals surface area contributed by atoms with E-state index in [9.17, 15) is 13.2 Å². The molecule has 0 aromatic heterocycles.